The Morgan fingerprint density at radius 2 is 1.81 bits per heavy atom. The summed E-state index contributed by atoms with van der Waals surface area (Å²) in [6.07, 6.45) is 1.74. The van der Waals surface area contributed by atoms with Gasteiger partial charge in [0.05, 0.1) is 13.7 Å². The van der Waals surface area contributed by atoms with Gasteiger partial charge in [0.1, 0.15) is 5.75 Å². The normalized spacial score (nSPS) is 15.0. The van der Waals surface area contributed by atoms with E-state index >= 15 is 0 Å². The van der Waals surface area contributed by atoms with Crippen molar-refractivity contribution in [2.75, 3.05) is 27.2 Å². The monoisotopic (exact) mass is 434 g/mol. The van der Waals surface area contributed by atoms with Gasteiger partial charge >= 0.3 is 0 Å². The second-order valence-corrected chi connectivity index (χ2v) is 8.47. The van der Waals surface area contributed by atoms with E-state index in [0.717, 1.165) is 43.8 Å². The van der Waals surface area contributed by atoms with Crippen molar-refractivity contribution in [2.24, 2.45) is 5.92 Å². The van der Waals surface area contributed by atoms with Gasteiger partial charge in [-0.3, -0.25) is 9.69 Å². The summed E-state index contributed by atoms with van der Waals surface area (Å²) in [6.45, 7) is 5.21. The van der Waals surface area contributed by atoms with Crippen LogP contribution in [-0.2, 0) is 17.9 Å². The highest BCUT2D eigenvalue weighted by Gasteiger charge is 2.28. The third-order valence-corrected chi connectivity index (χ3v) is 6.03. The van der Waals surface area contributed by atoms with E-state index in [9.17, 15) is 4.79 Å². The molecule has 7 heteroatoms. The smallest absolute Gasteiger partial charge is 0.246 e. The molecule has 1 saturated heterocycles. The number of likely N-dealkylation sites (tertiary alicyclic amines) is 1. The van der Waals surface area contributed by atoms with Gasteiger partial charge in [0, 0.05) is 25.1 Å². The minimum Gasteiger partial charge on any atom is -0.497 e. The van der Waals surface area contributed by atoms with E-state index in [2.05, 4.69) is 46.2 Å². The molecule has 1 amide bonds. The van der Waals surface area contributed by atoms with Crippen molar-refractivity contribution in [1.82, 2.24) is 19.9 Å². The van der Waals surface area contributed by atoms with Gasteiger partial charge in [0.2, 0.25) is 17.6 Å². The quantitative estimate of drug-likeness (QED) is 0.561. The first-order valence-corrected chi connectivity index (χ1v) is 11.0. The molecule has 7 nitrogen and oxygen atoms in total. The molecule has 0 aliphatic carbocycles. The van der Waals surface area contributed by atoms with Crippen LogP contribution in [0, 0.1) is 12.8 Å². The molecule has 0 radical (unpaired) electrons. The number of piperidine rings is 1. The Bertz CT molecular complexity index is 1020. The van der Waals surface area contributed by atoms with E-state index in [0.29, 0.717) is 18.3 Å². The number of hydrogen-bond donors (Lipinski definition) is 0. The van der Waals surface area contributed by atoms with Crippen LogP contribution in [0.5, 0.6) is 5.75 Å². The van der Waals surface area contributed by atoms with Gasteiger partial charge in [0.25, 0.3) is 0 Å². The number of methoxy groups -OCH3 is 1. The largest absolute Gasteiger partial charge is 0.497 e. The number of hydrogen-bond acceptors (Lipinski definition) is 6. The average molecular weight is 435 g/mol. The average Bonchev–Trinajstić information content (AvgIpc) is 3.29. The fourth-order valence-electron chi connectivity index (χ4n) is 4.06. The lowest BCUT2D eigenvalue weighted by atomic mass is 9.95. The molecule has 0 spiro atoms. The van der Waals surface area contributed by atoms with Gasteiger partial charge in [-0.2, -0.15) is 4.98 Å². The summed E-state index contributed by atoms with van der Waals surface area (Å²) in [5.41, 5.74) is 3.44. The van der Waals surface area contributed by atoms with Crippen LogP contribution in [0.25, 0.3) is 11.4 Å². The topological polar surface area (TPSA) is 71.7 Å². The third-order valence-electron chi connectivity index (χ3n) is 6.03. The Morgan fingerprint density at radius 1 is 1.12 bits per heavy atom. The lowest BCUT2D eigenvalue weighted by molar-refractivity contribution is -0.136. The molecule has 0 saturated carbocycles. The Balaban J connectivity index is 1.28. The van der Waals surface area contributed by atoms with Gasteiger partial charge in [0.15, 0.2) is 0 Å². The van der Waals surface area contributed by atoms with Crippen LogP contribution < -0.4 is 4.74 Å². The first kappa shape index (κ1) is 22.0. The maximum atomic E-state index is 13.0. The fourth-order valence-corrected chi connectivity index (χ4v) is 4.06. The summed E-state index contributed by atoms with van der Waals surface area (Å²) >= 11 is 0. The molecule has 1 fully saturated rings. The number of carbonyl (C=O) groups is 1. The van der Waals surface area contributed by atoms with E-state index in [-0.39, 0.29) is 11.8 Å². The molecule has 0 atom stereocenters. The second kappa shape index (κ2) is 9.96. The van der Waals surface area contributed by atoms with E-state index in [1.807, 2.05) is 24.3 Å². The molecule has 2 aromatic carbocycles. The molecule has 4 rings (SSSR count). The molecule has 1 aliphatic rings. The van der Waals surface area contributed by atoms with Gasteiger partial charge in [-0.05, 0) is 62.7 Å². The number of carbonyl (C=O) groups excluding carboxylic acids is 1. The Labute approximate surface area is 189 Å². The van der Waals surface area contributed by atoms with Crippen molar-refractivity contribution in [3.63, 3.8) is 0 Å². The molecular weight excluding hydrogens is 404 g/mol. The van der Waals surface area contributed by atoms with Crippen molar-refractivity contribution < 1.29 is 14.1 Å². The fraction of sp³-hybridized carbons (Fsp3) is 0.400. The van der Waals surface area contributed by atoms with Crippen molar-refractivity contribution in [2.45, 2.75) is 32.9 Å². The van der Waals surface area contributed by atoms with Crippen LogP contribution in [0.1, 0.15) is 29.9 Å². The van der Waals surface area contributed by atoms with Crippen LogP contribution in [0.3, 0.4) is 0 Å². The molecule has 32 heavy (non-hydrogen) atoms. The maximum absolute atomic E-state index is 13.0. The van der Waals surface area contributed by atoms with Crippen molar-refractivity contribution >= 4 is 5.91 Å². The van der Waals surface area contributed by atoms with Gasteiger partial charge in [-0.1, -0.05) is 35.0 Å². The predicted molar refractivity (Wildman–Crippen MR) is 122 cm³/mol. The minimum absolute atomic E-state index is 0.0400. The van der Waals surface area contributed by atoms with Crippen LogP contribution in [0.4, 0.5) is 0 Å². The zero-order valence-corrected chi connectivity index (χ0v) is 19.0. The Hall–Kier alpha value is -3.19. The van der Waals surface area contributed by atoms with Crippen molar-refractivity contribution in [3.8, 4) is 17.1 Å². The Morgan fingerprint density at radius 3 is 2.47 bits per heavy atom. The number of ether oxygens (including phenoxy) is 1. The predicted octanol–water partition coefficient (Wildman–Crippen LogP) is 3.92. The molecule has 3 aromatic rings. The summed E-state index contributed by atoms with van der Waals surface area (Å²) in [5.74, 6) is 1.89. The van der Waals surface area contributed by atoms with E-state index < -0.39 is 0 Å². The van der Waals surface area contributed by atoms with Crippen molar-refractivity contribution in [1.29, 1.82) is 0 Å². The second-order valence-electron chi connectivity index (χ2n) is 8.47. The number of aromatic nitrogens is 2. The number of benzene rings is 2. The SMILES string of the molecule is COc1ccc(-c2noc(CN(C)C(=O)C3CCN(Cc4ccc(C)cc4)CC3)n2)cc1. The number of amides is 1. The lowest BCUT2D eigenvalue weighted by Gasteiger charge is -2.33. The molecule has 2 heterocycles. The van der Waals surface area contributed by atoms with Gasteiger partial charge < -0.3 is 14.2 Å². The molecular formula is C25H30N4O3. The molecule has 0 unspecified atom stereocenters. The summed E-state index contributed by atoms with van der Waals surface area (Å²) in [4.78, 5) is 21.5. The van der Waals surface area contributed by atoms with Crippen LogP contribution in [-0.4, -0.2) is 53.1 Å². The standard InChI is InChI=1S/C25H30N4O3/c1-18-4-6-19(7-5-18)16-29-14-12-21(13-15-29)25(30)28(2)17-23-26-24(27-32-23)20-8-10-22(31-3)11-9-20/h4-11,21H,12-17H2,1-3H3. The number of aryl methyl sites for hydroxylation is 1. The molecule has 1 aromatic heterocycles. The molecule has 1 aliphatic heterocycles. The first-order chi connectivity index (χ1) is 15.5. The summed E-state index contributed by atoms with van der Waals surface area (Å²) in [7, 11) is 3.43. The van der Waals surface area contributed by atoms with Crippen LogP contribution >= 0.6 is 0 Å². The van der Waals surface area contributed by atoms with Crippen molar-refractivity contribution in [3.05, 3.63) is 65.5 Å². The van der Waals surface area contributed by atoms with Crippen LogP contribution in [0.15, 0.2) is 53.1 Å². The Kier molecular flexibility index (Phi) is 6.85. The van der Waals surface area contributed by atoms with Crippen LogP contribution in [0.2, 0.25) is 0 Å². The maximum Gasteiger partial charge on any atom is 0.246 e. The first-order valence-electron chi connectivity index (χ1n) is 11.0. The lowest BCUT2D eigenvalue weighted by Crippen LogP contribution is -2.40. The van der Waals surface area contributed by atoms with E-state index in [1.165, 1.54) is 11.1 Å². The third kappa shape index (κ3) is 5.34. The van der Waals surface area contributed by atoms with E-state index in [1.54, 1.807) is 19.1 Å². The number of rotatable bonds is 7. The van der Waals surface area contributed by atoms with E-state index in [4.69, 9.17) is 9.26 Å². The van der Waals surface area contributed by atoms with Gasteiger partial charge in [-0.15, -0.1) is 0 Å². The summed E-state index contributed by atoms with van der Waals surface area (Å²) in [6, 6.07) is 16.1. The molecule has 0 bridgehead atoms. The zero-order valence-electron chi connectivity index (χ0n) is 19.0. The minimum atomic E-state index is 0.0400. The van der Waals surface area contributed by atoms with Gasteiger partial charge in [-0.25, -0.2) is 0 Å². The molecule has 0 N–H and O–H groups in total. The zero-order chi connectivity index (χ0) is 22.5. The highest BCUT2D eigenvalue weighted by Crippen LogP contribution is 2.23. The highest BCUT2D eigenvalue weighted by molar-refractivity contribution is 5.78. The molecule has 168 valence electrons. The number of nitrogens with zero attached hydrogens (tertiary/aromatic N) is 4. The highest BCUT2D eigenvalue weighted by atomic mass is 16.5. The summed E-state index contributed by atoms with van der Waals surface area (Å²) < 4.78 is 10.6. The summed E-state index contributed by atoms with van der Waals surface area (Å²) in [5, 5.41) is 4.05.